The SMILES string of the molecule is Cc1ccc(C(=O)C2CC2c2ccco2)cc1. The molecule has 17 heavy (non-hydrogen) atoms. The van der Waals surface area contributed by atoms with Gasteiger partial charge in [-0.2, -0.15) is 0 Å². The number of ketones is 1. The van der Waals surface area contributed by atoms with Gasteiger partial charge >= 0.3 is 0 Å². The lowest BCUT2D eigenvalue weighted by Gasteiger charge is -2.00. The average molecular weight is 226 g/mol. The topological polar surface area (TPSA) is 30.2 Å². The van der Waals surface area contributed by atoms with E-state index in [1.165, 1.54) is 5.56 Å². The molecule has 1 heterocycles. The Kier molecular flexibility index (Phi) is 2.36. The Morgan fingerprint density at radius 3 is 2.65 bits per heavy atom. The molecule has 2 nitrogen and oxygen atoms in total. The normalized spacial score (nSPS) is 22.4. The molecular weight excluding hydrogens is 212 g/mol. The molecule has 0 bridgehead atoms. The van der Waals surface area contributed by atoms with Crippen LogP contribution in [-0.4, -0.2) is 5.78 Å². The van der Waals surface area contributed by atoms with Crippen molar-refractivity contribution in [1.29, 1.82) is 0 Å². The van der Waals surface area contributed by atoms with Crippen molar-refractivity contribution < 1.29 is 9.21 Å². The number of Topliss-reactive ketones (excluding diaryl/α,β-unsaturated/α-hetero) is 1. The number of carbonyl (C=O) groups is 1. The predicted octanol–water partition coefficient (Wildman–Crippen LogP) is 3.57. The van der Waals surface area contributed by atoms with Crippen molar-refractivity contribution in [2.75, 3.05) is 0 Å². The van der Waals surface area contributed by atoms with Gasteiger partial charge in [0.25, 0.3) is 0 Å². The third-order valence-corrected chi connectivity index (χ3v) is 3.37. The number of carbonyl (C=O) groups excluding carboxylic acids is 1. The van der Waals surface area contributed by atoms with E-state index in [9.17, 15) is 4.79 Å². The second-order valence-corrected chi connectivity index (χ2v) is 4.69. The first-order valence-electron chi connectivity index (χ1n) is 5.90. The minimum Gasteiger partial charge on any atom is -0.469 e. The zero-order valence-electron chi connectivity index (χ0n) is 9.72. The zero-order chi connectivity index (χ0) is 11.8. The average Bonchev–Trinajstić information content (AvgIpc) is 2.95. The molecule has 0 amide bonds. The molecule has 1 aliphatic rings. The minimum absolute atomic E-state index is 0.115. The molecule has 2 heteroatoms. The molecule has 0 N–H and O–H groups in total. The number of furan rings is 1. The molecule has 0 radical (unpaired) electrons. The third kappa shape index (κ3) is 1.91. The van der Waals surface area contributed by atoms with Crippen LogP contribution >= 0.6 is 0 Å². The Balaban J connectivity index is 1.75. The first-order chi connectivity index (χ1) is 8.25. The summed E-state index contributed by atoms with van der Waals surface area (Å²) in [4.78, 5) is 12.2. The first-order valence-corrected chi connectivity index (χ1v) is 5.90. The monoisotopic (exact) mass is 226 g/mol. The van der Waals surface area contributed by atoms with Crippen LogP contribution in [0, 0.1) is 12.8 Å². The van der Waals surface area contributed by atoms with Gasteiger partial charge in [-0.05, 0) is 25.5 Å². The Morgan fingerprint density at radius 2 is 2.00 bits per heavy atom. The van der Waals surface area contributed by atoms with Crippen LogP contribution in [0.5, 0.6) is 0 Å². The molecule has 2 aromatic rings. The van der Waals surface area contributed by atoms with Gasteiger partial charge in [0, 0.05) is 17.4 Å². The van der Waals surface area contributed by atoms with E-state index in [1.54, 1.807) is 6.26 Å². The summed E-state index contributed by atoms with van der Waals surface area (Å²) in [5.74, 6) is 1.59. The van der Waals surface area contributed by atoms with Gasteiger partial charge in [0.1, 0.15) is 5.76 Å². The molecule has 1 aromatic carbocycles. The van der Waals surface area contributed by atoms with Crippen LogP contribution in [0.4, 0.5) is 0 Å². The van der Waals surface area contributed by atoms with Crippen molar-refractivity contribution in [2.24, 2.45) is 5.92 Å². The fourth-order valence-electron chi connectivity index (χ4n) is 2.23. The maximum absolute atomic E-state index is 12.2. The molecule has 1 aliphatic carbocycles. The minimum atomic E-state index is 0.115. The van der Waals surface area contributed by atoms with Crippen LogP contribution in [0.2, 0.25) is 0 Å². The summed E-state index contributed by atoms with van der Waals surface area (Å²) in [5, 5.41) is 0. The maximum atomic E-state index is 12.2. The quantitative estimate of drug-likeness (QED) is 0.749. The van der Waals surface area contributed by atoms with Gasteiger partial charge in [0.05, 0.1) is 6.26 Å². The Hall–Kier alpha value is -1.83. The summed E-state index contributed by atoms with van der Waals surface area (Å²) in [5.41, 5.74) is 1.99. The van der Waals surface area contributed by atoms with Crippen LogP contribution in [0.1, 0.15) is 34.0 Å². The summed E-state index contributed by atoms with van der Waals surface area (Å²) >= 11 is 0. The summed E-state index contributed by atoms with van der Waals surface area (Å²) < 4.78 is 5.34. The van der Waals surface area contributed by atoms with E-state index >= 15 is 0 Å². The second-order valence-electron chi connectivity index (χ2n) is 4.69. The highest BCUT2D eigenvalue weighted by molar-refractivity contribution is 6.00. The zero-order valence-corrected chi connectivity index (χ0v) is 9.72. The lowest BCUT2D eigenvalue weighted by Crippen LogP contribution is -2.02. The number of benzene rings is 1. The summed E-state index contributed by atoms with van der Waals surface area (Å²) in [7, 11) is 0. The molecule has 0 aliphatic heterocycles. The van der Waals surface area contributed by atoms with Gasteiger partial charge in [-0.1, -0.05) is 29.8 Å². The van der Waals surface area contributed by atoms with Gasteiger partial charge in [-0.25, -0.2) is 0 Å². The lowest BCUT2D eigenvalue weighted by atomic mass is 10.0. The Morgan fingerprint density at radius 1 is 1.24 bits per heavy atom. The van der Waals surface area contributed by atoms with E-state index in [0.29, 0.717) is 5.92 Å². The van der Waals surface area contributed by atoms with E-state index in [1.807, 2.05) is 43.3 Å². The molecule has 1 saturated carbocycles. The van der Waals surface area contributed by atoms with E-state index in [-0.39, 0.29) is 11.7 Å². The van der Waals surface area contributed by atoms with Gasteiger partial charge in [-0.15, -0.1) is 0 Å². The molecule has 0 saturated heterocycles. The molecule has 86 valence electrons. The van der Waals surface area contributed by atoms with Gasteiger partial charge in [-0.3, -0.25) is 4.79 Å². The fraction of sp³-hybridized carbons (Fsp3) is 0.267. The van der Waals surface area contributed by atoms with E-state index in [4.69, 9.17) is 4.42 Å². The molecule has 2 unspecified atom stereocenters. The van der Waals surface area contributed by atoms with Crippen LogP contribution in [0.15, 0.2) is 47.1 Å². The largest absolute Gasteiger partial charge is 0.469 e. The maximum Gasteiger partial charge on any atom is 0.166 e. The van der Waals surface area contributed by atoms with Crippen LogP contribution in [0.25, 0.3) is 0 Å². The van der Waals surface area contributed by atoms with Crippen molar-refractivity contribution in [1.82, 2.24) is 0 Å². The Labute approximate surface area is 100 Å². The standard InChI is InChI=1S/C15H14O2/c1-10-4-6-11(7-5-10)15(16)13-9-12(13)14-3-2-8-17-14/h2-8,12-13H,9H2,1H3. The molecule has 1 fully saturated rings. The molecule has 0 spiro atoms. The van der Waals surface area contributed by atoms with Crippen molar-refractivity contribution >= 4 is 5.78 Å². The molecule has 3 rings (SSSR count). The van der Waals surface area contributed by atoms with Crippen molar-refractivity contribution in [2.45, 2.75) is 19.3 Å². The smallest absolute Gasteiger partial charge is 0.166 e. The van der Waals surface area contributed by atoms with Crippen molar-refractivity contribution in [3.05, 3.63) is 59.5 Å². The highest BCUT2D eigenvalue weighted by Crippen LogP contribution is 2.49. The number of hydrogen-bond donors (Lipinski definition) is 0. The van der Waals surface area contributed by atoms with Gasteiger partial charge in [0.15, 0.2) is 5.78 Å². The van der Waals surface area contributed by atoms with Gasteiger partial charge in [0.2, 0.25) is 0 Å². The van der Waals surface area contributed by atoms with Crippen LogP contribution in [0.3, 0.4) is 0 Å². The lowest BCUT2D eigenvalue weighted by molar-refractivity contribution is 0.0964. The fourth-order valence-corrected chi connectivity index (χ4v) is 2.23. The van der Waals surface area contributed by atoms with Crippen LogP contribution in [-0.2, 0) is 0 Å². The second kappa shape index (κ2) is 3.88. The van der Waals surface area contributed by atoms with E-state index in [0.717, 1.165) is 17.7 Å². The number of aryl methyl sites for hydroxylation is 1. The highest BCUT2D eigenvalue weighted by atomic mass is 16.3. The van der Waals surface area contributed by atoms with Gasteiger partial charge < -0.3 is 4.42 Å². The highest BCUT2D eigenvalue weighted by Gasteiger charge is 2.45. The van der Waals surface area contributed by atoms with Crippen molar-refractivity contribution in [3.8, 4) is 0 Å². The number of rotatable bonds is 3. The Bertz CT molecular complexity index is 523. The third-order valence-electron chi connectivity index (χ3n) is 3.37. The van der Waals surface area contributed by atoms with E-state index in [2.05, 4.69) is 0 Å². The van der Waals surface area contributed by atoms with E-state index < -0.39 is 0 Å². The van der Waals surface area contributed by atoms with Crippen LogP contribution < -0.4 is 0 Å². The summed E-state index contributed by atoms with van der Waals surface area (Å²) in [6.45, 7) is 2.02. The number of hydrogen-bond acceptors (Lipinski definition) is 2. The summed E-state index contributed by atoms with van der Waals surface area (Å²) in [6.07, 6.45) is 2.58. The first kappa shape index (κ1) is 10.3. The molecular formula is C15H14O2. The predicted molar refractivity (Wildman–Crippen MR) is 65.1 cm³/mol. The molecule has 2 atom stereocenters. The van der Waals surface area contributed by atoms with Crippen molar-refractivity contribution in [3.63, 3.8) is 0 Å². The molecule has 1 aromatic heterocycles. The summed E-state index contributed by atoms with van der Waals surface area (Å²) in [6, 6.07) is 11.6.